The minimum atomic E-state index is -0.601. The summed E-state index contributed by atoms with van der Waals surface area (Å²) in [5, 5.41) is 17.2. The lowest BCUT2D eigenvalue weighted by molar-refractivity contribution is -0.0132. The lowest BCUT2D eigenvalue weighted by Gasteiger charge is -2.33. The van der Waals surface area contributed by atoms with Gasteiger partial charge >= 0.3 is 6.09 Å². The average Bonchev–Trinajstić information content (AvgIpc) is 3.17. The number of carbonyl (C=O) groups is 1. The van der Waals surface area contributed by atoms with E-state index in [2.05, 4.69) is 10.6 Å². The third-order valence-corrected chi connectivity index (χ3v) is 6.05. The molecule has 7 heteroatoms. The highest BCUT2D eigenvalue weighted by atomic mass is 16.6. The van der Waals surface area contributed by atoms with Crippen molar-refractivity contribution >= 4 is 17.4 Å². The smallest absolute Gasteiger partial charge is 0.407 e. The maximum Gasteiger partial charge on any atom is 0.407 e. The first-order valence-electron chi connectivity index (χ1n) is 10.9. The van der Waals surface area contributed by atoms with Gasteiger partial charge in [0.1, 0.15) is 23.2 Å². The number of aliphatic hydroxyl groups is 1. The van der Waals surface area contributed by atoms with Crippen molar-refractivity contribution in [3.8, 4) is 5.75 Å². The fourth-order valence-electron chi connectivity index (χ4n) is 4.48. The van der Waals surface area contributed by atoms with Gasteiger partial charge in [-0.05, 0) is 76.6 Å². The molecule has 0 spiro atoms. The van der Waals surface area contributed by atoms with Crippen molar-refractivity contribution in [3.63, 3.8) is 0 Å². The van der Waals surface area contributed by atoms with Crippen LogP contribution in [0.3, 0.4) is 0 Å². The number of allylic oxidation sites excluding steroid dienone is 1. The van der Waals surface area contributed by atoms with Crippen LogP contribution in [0.1, 0.15) is 52.0 Å². The van der Waals surface area contributed by atoms with Crippen molar-refractivity contribution < 1.29 is 24.1 Å². The van der Waals surface area contributed by atoms with Gasteiger partial charge < -0.3 is 30.0 Å². The van der Waals surface area contributed by atoms with E-state index in [1.807, 2.05) is 51.2 Å². The van der Waals surface area contributed by atoms with Crippen molar-refractivity contribution in [1.82, 2.24) is 5.32 Å². The highest BCUT2D eigenvalue weighted by Crippen LogP contribution is 2.42. The molecular weight excluding hydrogens is 396 g/mol. The molecule has 3 aliphatic rings. The molecule has 0 bridgehead atoms. The number of fused-ring (bicyclic) bond motifs is 3. The molecule has 1 saturated carbocycles. The molecule has 2 unspecified atom stereocenters. The van der Waals surface area contributed by atoms with Crippen molar-refractivity contribution in [2.24, 2.45) is 5.92 Å². The second kappa shape index (κ2) is 8.46. The highest BCUT2D eigenvalue weighted by Gasteiger charge is 2.37. The maximum absolute atomic E-state index is 12.0. The van der Waals surface area contributed by atoms with Gasteiger partial charge in [-0.25, -0.2) is 4.79 Å². The number of alkyl carbamates (subject to hydrolysis) is 1. The predicted octanol–water partition coefficient (Wildman–Crippen LogP) is 4.19. The maximum atomic E-state index is 12.0. The Morgan fingerprint density at radius 1 is 1.26 bits per heavy atom. The van der Waals surface area contributed by atoms with Gasteiger partial charge in [0.2, 0.25) is 0 Å². The summed E-state index contributed by atoms with van der Waals surface area (Å²) in [5.41, 5.74) is 2.48. The first-order valence-corrected chi connectivity index (χ1v) is 10.9. The van der Waals surface area contributed by atoms with E-state index in [-0.39, 0.29) is 24.2 Å². The second-order valence-corrected chi connectivity index (χ2v) is 9.48. The van der Waals surface area contributed by atoms with Crippen molar-refractivity contribution in [2.75, 3.05) is 12.4 Å². The molecule has 2 aliphatic heterocycles. The van der Waals surface area contributed by atoms with Crippen LogP contribution in [0, 0.1) is 5.92 Å². The molecule has 0 saturated heterocycles. The number of nitrogens with one attached hydrogen (secondary N) is 2. The number of rotatable bonds is 4. The molecule has 1 amide bonds. The number of ether oxygens (including phenoxy) is 3. The molecule has 31 heavy (non-hydrogen) atoms. The molecule has 2 heterocycles. The molecular formula is C24H32N2O5. The Labute approximate surface area is 183 Å². The number of aliphatic hydroxyl groups excluding tert-OH is 1. The Bertz CT molecular complexity index is 894. The molecule has 1 aromatic rings. The van der Waals surface area contributed by atoms with E-state index in [1.54, 1.807) is 7.11 Å². The highest BCUT2D eigenvalue weighted by molar-refractivity contribution is 5.90. The molecule has 1 aromatic carbocycles. The summed E-state index contributed by atoms with van der Waals surface area (Å²) in [6.45, 7) is 5.56. The van der Waals surface area contributed by atoms with Crippen molar-refractivity contribution in [1.29, 1.82) is 0 Å². The number of amides is 1. The molecule has 4 rings (SSSR count). The topological polar surface area (TPSA) is 89.1 Å². The van der Waals surface area contributed by atoms with Crippen LogP contribution in [0.2, 0.25) is 0 Å². The third kappa shape index (κ3) is 4.82. The molecule has 1 fully saturated rings. The predicted molar refractivity (Wildman–Crippen MR) is 119 cm³/mol. The fourth-order valence-corrected chi connectivity index (χ4v) is 4.48. The molecule has 168 valence electrons. The molecule has 2 atom stereocenters. The Morgan fingerprint density at radius 2 is 2.00 bits per heavy atom. The Hall–Kier alpha value is -2.67. The summed E-state index contributed by atoms with van der Waals surface area (Å²) in [7, 11) is 1.65. The summed E-state index contributed by atoms with van der Waals surface area (Å²) >= 11 is 0. The zero-order valence-electron chi connectivity index (χ0n) is 18.6. The number of carbonyl (C=O) groups excluding carboxylic acids is 1. The standard InChI is InChI=1S/C24H32N2O5/c1-24(2,3)31-23(28)26-15-7-5-14(6-8-15)22(27)20-12-18-17-11-16(29-4)9-10-19(17)25-13-21(18)30-20/h9-15,20,22,25,27H,5-8H2,1-4H3,(H,26,28). The first kappa shape index (κ1) is 21.6. The van der Waals surface area contributed by atoms with Crippen LogP contribution in [-0.2, 0) is 9.47 Å². The van der Waals surface area contributed by atoms with Crippen molar-refractivity contribution in [2.45, 2.75) is 70.3 Å². The second-order valence-electron chi connectivity index (χ2n) is 9.48. The zero-order valence-corrected chi connectivity index (χ0v) is 18.6. The minimum absolute atomic E-state index is 0.0787. The summed E-state index contributed by atoms with van der Waals surface area (Å²) in [6, 6.07) is 5.95. The minimum Gasteiger partial charge on any atom is -0.497 e. The van der Waals surface area contributed by atoms with Crippen LogP contribution in [0.15, 0.2) is 36.2 Å². The Balaban J connectivity index is 1.36. The largest absolute Gasteiger partial charge is 0.497 e. The van der Waals surface area contributed by atoms with E-state index < -0.39 is 11.7 Å². The van der Waals surface area contributed by atoms with Gasteiger partial charge in [-0.3, -0.25) is 0 Å². The number of methoxy groups -OCH3 is 1. The van der Waals surface area contributed by atoms with Gasteiger partial charge in [0.15, 0.2) is 0 Å². The molecule has 1 aliphatic carbocycles. The van der Waals surface area contributed by atoms with Gasteiger partial charge in [-0.1, -0.05) is 0 Å². The monoisotopic (exact) mass is 428 g/mol. The van der Waals surface area contributed by atoms with Crippen LogP contribution in [0.5, 0.6) is 5.75 Å². The number of anilines is 1. The van der Waals surface area contributed by atoms with E-state index in [0.29, 0.717) is 0 Å². The average molecular weight is 429 g/mol. The molecule has 0 radical (unpaired) electrons. The van der Waals surface area contributed by atoms with Gasteiger partial charge in [0.25, 0.3) is 0 Å². The Morgan fingerprint density at radius 3 is 2.68 bits per heavy atom. The summed E-state index contributed by atoms with van der Waals surface area (Å²) in [5.74, 6) is 1.64. The van der Waals surface area contributed by atoms with E-state index >= 15 is 0 Å². The van der Waals surface area contributed by atoms with Gasteiger partial charge in [-0.15, -0.1) is 0 Å². The summed E-state index contributed by atoms with van der Waals surface area (Å²) in [4.78, 5) is 12.0. The normalized spacial score (nSPS) is 25.6. The molecule has 7 nitrogen and oxygen atoms in total. The number of hydrogen-bond donors (Lipinski definition) is 3. The quantitative estimate of drug-likeness (QED) is 0.666. The van der Waals surface area contributed by atoms with Crippen LogP contribution in [0.4, 0.5) is 10.5 Å². The lowest BCUT2D eigenvalue weighted by atomic mass is 9.81. The zero-order chi connectivity index (χ0) is 22.2. The van der Waals surface area contributed by atoms with Gasteiger partial charge in [-0.2, -0.15) is 0 Å². The fraction of sp³-hybridized carbons (Fsp3) is 0.542. The third-order valence-electron chi connectivity index (χ3n) is 6.05. The van der Waals surface area contributed by atoms with E-state index in [9.17, 15) is 9.90 Å². The summed E-state index contributed by atoms with van der Waals surface area (Å²) in [6.07, 6.45) is 5.77. The first-order chi connectivity index (χ1) is 14.7. The van der Waals surface area contributed by atoms with Crippen molar-refractivity contribution in [3.05, 3.63) is 41.8 Å². The number of benzene rings is 1. The van der Waals surface area contributed by atoms with Crippen LogP contribution >= 0.6 is 0 Å². The lowest BCUT2D eigenvalue weighted by Crippen LogP contribution is -2.43. The number of hydrogen-bond acceptors (Lipinski definition) is 6. The SMILES string of the molecule is COc1ccc2c(c1)C1=CC(C(O)C3CCC(NC(=O)OC(C)(C)C)CC3)OC1=CN2. The Kier molecular flexibility index (Phi) is 5.88. The molecule has 3 N–H and O–H groups in total. The molecule has 0 aromatic heterocycles. The van der Waals surface area contributed by atoms with Gasteiger partial charge in [0.05, 0.1) is 13.2 Å². The van der Waals surface area contributed by atoms with E-state index in [1.165, 1.54) is 0 Å². The van der Waals surface area contributed by atoms with E-state index in [0.717, 1.165) is 54.0 Å². The summed E-state index contributed by atoms with van der Waals surface area (Å²) < 4.78 is 16.8. The van der Waals surface area contributed by atoms with Gasteiger partial charge in [0, 0.05) is 29.1 Å². The van der Waals surface area contributed by atoms with Crippen LogP contribution in [0.25, 0.3) is 5.57 Å². The van der Waals surface area contributed by atoms with Crippen LogP contribution in [-0.4, -0.2) is 42.2 Å². The van der Waals surface area contributed by atoms with E-state index in [4.69, 9.17) is 14.2 Å². The van der Waals surface area contributed by atoms with Crippen LogP contribution < -0.4 is 15.4 Å².